The lowest BCUT2D eigenvalue weighted by Gasteiger charge is -2.31. The first-order valence-electron chi connectivity index (χ1n) is 9.91. The van der Waals surface area contributed by atoms with Crippen molar-refractivity contribution in [3.63, 3.8) is 0 Å². The van der Waals surface area contributed by atoms with Crippen LogP contribution in [0.3, 0.4) is 0 Å². The number of anilines is 1. The van der Waals surface area contributed by atoms with Crippen molar-refractivity contribution in [2.24, 2.45) is 9.98 Å². The Bertz CT molecular complexity index is 1130. The predicted octanol–water partition coefficient (Wildman–Crippen LogP) is 2.41. The molecule has 0 atom stereocenters. The molecule has 0 spiro atoms. The minimum Gasteiger partial charge on any atom is -0.373 e. The molecule has 0 unspecified atom stereocenters. The van der Waals surface area contributed by atoms with E-state index in [1.165, 1.54) is 11.3 Å². The number of amides is 1. The first-order valence-corrected chi connectivity index (χ1v) is 10.7. The fraction of sp³-hybridized carbons (Fsp3) is 0.261. The van der Waals surface area contributed by atoms with Crippen LogP contribution in [0.15, 0.2) is 58.3 Å². The van der Waals surface area contributed by atoms with Crippen LogP contribution in [0.2, 0.25) is 0 Å². The number of benzene rings is 1. The number of rotatable bonds is 2. The molecule has 7 heteroatoms. The highest BCUT2D eigenvalue weighted by molar-refractivity contribution is 7.15. The van der Waals surface area contributed by atoms with Crippen LogP contribution < -0.4 is 4.90 Å². The summed E-state index contributed by atoms with van der Waals surface area (Å²) in [6.45, 7) is 4.08. The molecule has 2 aromatic rings. The van der Waals surface area contributed by atoms with Crippen molar-refractivity contribution in [2.75, 3.05) is 44.7 Å². The number of thiophene rings is 1. The molecule has 1 aromatic heterocycles. The standard InChI is InChI=1S/C23H21N5OS/c1-3-17-13-19-22(30-17)21(16-7-5-4-6-8-16)24-14-20-25-18(23(29)28(19)20)15-27-11-9-26(2)10-12-27/h1,4-8,13,15H,9-12,14H2,2H3/b18-15-. The number of terminal acetylenes is 1. The zero-order valence-corrected chi connectivity index (χ0v) is 17.5. The third-order valence-corrected chi connectivity index (χ3v) is 6.57. The lowest BCUT2D eigenvalue weighted by molar-refractivity contribution is -0.114. The van der Waals surface area contributed by atoms with Gasteiger partial charge >= 0.3 is 0 Å². The molecule has 0 saturated carbocycles. The van der Waals surface area contributed by atoms with Crippen LogP contribution in [0.4, 0.5) is 5.69 Å². The van der Waals surface area contributed by atoms with E-state index in [0.29, 0.717) is 18.1 Å². The van der Waals surface area contributed by atoms with E-state index in [1.807, 2.05) is 42.6 Å². The van der Waals surface area contributed by atoms with Crippen LogP contribution in [0.1, 0.15) is 15.3 Å². The first-order chi connectivity index (χ1) is 14.6. The van der Waals surface area contributed by atoms with E-state index in [-0.39, 0.29) is 5.91 Å². The summed E-state index contributed by atoms with van der Waals surface area (Å²) in [4.78, 5) is 30.7. The van der Waals surface area contributed by atoms with Gasteiger partial charge in [0, 0.05) is 37.9 Å². The van der Waals surface area contributed by atoms with E-state index in [1.54, 1.807) is 4.90 Å². The number of amidine groups is 1. The van der Waals surface area contributed by atoms with Gasteiger partial charge in [-0.15, -0.1) is 17.8 Å². The molecule has 1 saturated heterocycles. The summed E-state index contributed by atoms with van der Waals surface area (Å²) in [7, 11) is 2.11. The van der Waals surface area contributed by atoms with Crippen molar-refractivity contribution in [3.8, 4) is 12.3 Å². The number of hydrogen-bond acceptors (Lipinski definition) is 6. The van der Waals surface area contributed by atoms with Crippen molar-refractivity contribution in [2.45, 2.75) is 0 Å². The van der Waals surface area contributed by atoms with Gasteiger partial charge in [0.15, 0.2) is 0 Å². The second-order valence-corrected chi connectivity index (χ2v) is 8.57. The Morgan fingerprint density at radius 3 is 2.67 bits per heavy atom. The number of hydrogen-bond donors (Lipinski definition) is 0. The number of carbonyl (C=O) groups excluding carboxylic acids is 1. The highest BCUT2D eigenvalue weighted by Crippen LogP contribution is 2.37. The lowest BCUT2D eigenvalue weighted by Crippen LogP contribution is -2.42. The smallest absolute Gasteiger partial charge is 0.284 e. The van der Waals surface area contributed by atoms with Crippen molar-refractivity contribution >= 4 is 34.5 Å². The number of fused-ring (bicyclic) bond motifs is 3. The summed E-state index contributed by atoms with van der Waals surface area (Å²) in [6, 6.07) is 11.9. The minimum absolute atomic E-state index is 0.115. The molecule has 1 amide bonds. The molecule has 4 heterocycles. The topological polar surface area (TPSA) is 51.5 Å². The van der Waals surface area contributed by atoms with E-state index in [0.717, 1.165) is 52.9 Å². The quantitative estimate of drug-likeness (QED) is 0.559. The zero-order valence-electron chi connectivity index (χ0n) is 16.7. The number of carbonyl (C=O) groups is 1. The summed E-state index contributed by atoms with van der Waals surface area (Å²) in [5.74, 6) is 3.24. The Labute approximate surface area is 179 Å². The van der Waals surface area contributed by atoms with Gasteiger partial charge < -0.3 is 9.80 Å². The zero-order chi connectivity index (χ0) is 20.7. The van der Waals surface area contributed by atoms with Crippen LogP contribution >= 0.6 is 11.3 Å². The first kappa shape index (κ1) is 18.8. The van der Waals surface area contributed by atoms with Crippen LogP contribution in [0, 0.1) is 12.3 Å². The van der Waals surface area contributed by atoms with E-state index < -0.39 is 0 Å². The maximum Gasteiger partial charge on any atom is 0.284 e. The van der Waals surface area contributed by atoms with Gasteiger partial charge in [-0.25, -0.2) is 4.99 Å². The second-order valence-electron chi connectivity index (χ2n) is 7.52. The van der Waals surface area contributed by atoms with Crippen LogP contribution in [0.25, 0.3) is 0 Å². The highest BCUT2D eigenvalue weighted by atomic mass is 32.1. The van der Waals surface area contributed by atoms with Gasteiger partial charge in [0.25, 0.3) is 5.91 Å². The van der Waals surface area contributed by atoms with Gasteiger partial charge in [0.2, 0.25) is 0 Å². The van der Waals surface area contributed by atoms with Crippen molar-refractivity contribution < 1.29 is 4.79 Å². The summed E-state index contributed by atoms with van der Waals surface area (Å²) < 4.78 is 0. The van der Waals surface area contributed by atoms with Gasteiger partial charge in [0.1, 0.15) is 11.5 Å². The normalized spacial score (nSPS) is 20.4. The van der Waals surface area contributed by atoms with Gasteiger partial charge in [-0.05, 0) is 13.1 Å². The molecular weight excluding hydrogens is 394 g/mol. The number of nitrogens with zero attached hydrogens (tertiary/aromatic N) is 5. The van der Waals surface area contributed by atoms with Crippen molar-refractivity contribution in [1.82, 2.24) is 9.80 Å². The molecule has 5 rings (SSSR count). The third-order valence-electron chi connectivity index (χ3n) is 5.51. The van der Waals surface area contributed by atoms with Crippen LogP contribution in [-0.4, -0.2) is 67.0 Å². The number of aliphatic imine (C=N–C) groups is 2. The molecule has 0 bridgehead atoms. The largest absolute Gasteiger partial charge is 0.373 e. The minimum atomic E-state index is -0.115. The molecule has 6 nitrogen and oxygen atoms in total. The van der Waals surface area contributed by atoms with Gasteiger partial charge in [-0.1, -0.05) is 36.3 Å². The Balaban J connectivity index is 1.55. The van der Waals surface area contributed by atoms with Crippen LogP contribution in [0.5, 0.6) is 0 Å². The summed E-state index contributed by atoms with van der Waals surface area (Å²) in [5, 5.41) is 0. The van der Waals surface area contributed by atoms with E-state index in [4.69, 9.17) is 11.4 Å². The third kappa shape index (κ3) is 3.24. The van der Waals surface area contributed by atoms with Crippen LogP contribution in [-0.2, 0) is 4.79 Å². The summed E-state index contributed by atoms with van der Waals surface area (Å²) in [6.07, 6.45) is 7.58. The average molecular weight is 416 g/mol. The predicted molar refractivity (Wildman–Crippen MR) is 121 cm³/mol. The highest BCUT2D eigenvalue weighted by Gasteiger charge is 2.37. The molecule has 0 radical (unpaired) electrons. The monoisotopic (exact) mass is 415 g/mol. The Morgan fingerprint density at radius 1 is 1.17 bits per heavy atom. The lowest BCUT2D eigenvalue weighted by atomic mass is 10.1. The fourth-order valence-electron chi connectivity index (χ4n) is 3.86. The Morgan fingerprint density at radius 2 is 1.93 bits per heavy atom. The number of piperazine rings is 1. The van der Waals surface area contributed by atoms with Gasteiger partial charge in [-0.2, -0.15) is 0 Å². The van der Waals surface area contributed by atoms with E-state index in [9.17, 15) is 4.79 Å². The molecule has 150 valence electrons. The molecular formula is C23H21N5OS. The molecule has 3 aliphatic rings. The maximum absolute atomic E-state index is 13.3. The van der Waals surface area contributed by atoms with E-state index >= 15 is 0 Å². The van der Waals surface area contributed by atoms with Gasteiger partial charge in [0.05, 0.1) is 27.7 Å². The Hall–Kier alpha value is -3.21. The average Bonchev–Trinajstić information content (AvgIpc) is 3.27. The summed E-state index contributed by atoms with van der Waals surface area (Å²) >= 11 is 1.49. The Kier molecular flexibility index (Phi) is 4.74. The molecule has 3 aliphatic heterocycles. The molecule has 30 heavy (non-hydrogen) atoms. The van der Waals surface area contributed by atoms with Crippen molar-refractivity contribution in [3.05, 3.63) is 63.6 Å². The molecule has 0 aliphatic carbocycles. The van der Waals surface area contributed by atoms with Crippen molar-refractivity contribution in [1.29, 1.82) is 0 Å². The molecule has 1 fully saturated rings. The second kappa shape index (κ2) is 7.56. The maximum atomic E-state index is 13.3. The SMILES string of the molecule is C#Cc1cc2c(s1)C(c1ccccc1)=NCC1=N/C(=C\N3CCN(C)CC3)C(=O)N12. The molecule has 1 aromatic carbocycles. The van der Waals surface area contributed by atoms with E-state index in [2.05, 4.69) is 27.8 Å². The van der Waals surface area contributed by atoms with Gasteiger partial charge in [-0.3, -0.25) is 14.7 Å². The fourth-order valence-corrected chi connectivity index (χ4v) is 4.84. The summed E-state index contributed by atoms with van der Waals surface area (Å²) in [5.41, 5.74) is 3.10. The molecule has 0 N–H and O–H groups in total. The number of likely N-dealkylation sites (N-methyl/N-ethyl adjacent to an activating group) is 1.